The Balaban J connectivity index is 3.38. The second kappa shape index (κ2) is 6.86. The van der Waals surface area contributed by atoms with Crippen LogP contribution in [0.3, 0.4) is 0 Å². The molecule has 2 nitrogen and oxygen atoms in total. The number of unbranched alkanes of at least 4 members (excludes halogenated alkanes) is 3. The van der Waals surface area contributed by atoms with Gasteiger partial charge in [0, 0.05) is 6.42 Å². The fraction of sp³-hybridized carbons (Fsp3) is 0.917. The lowest BCUT2D eigenvalue weighted by atomic mass is 9.99. The van der Waals surface area contributed by atoms with Crippen molar-refractivity contribution in [2.75, 3.05) is 6.61 Å². The molecule has 0 aliphatic rings. The summed E-state index contributed by atoms with van der Waals surface area (Å²) < 4.78 is 5.15. The number of hydrogen-bond donors (Lipinski definition) is 0. The Morgan fingerprint density at radius 3 is 2.29 bits per heavy atom. The summed E-state index contributed by atoms with van der Waals surface area (Å²) >= 11 is 0. The van der Waals surface area contributed by atoms with Crippen LogP contribution in [0.15, 0.2) is 0 Å². The monoisotopic (exact) mass is 200 g/mol. The van der Waals surface area contributed by atoms with Gasteiger partial charge in [-0.05, 0) is 11.8 Å². The lowest BCUT2D eigenvalue weighted by Gasteiger charge is -2.17. The molecule has 84 valence electrons. The highest BCUT2D eigenvalue weighted by Crippen LogP contribution is 2.13. The molecule has 0 aliphatic carbocycles. The van der Waals surface area contributed by atoms with E-state index < -0.39 is 0 Å². The molecule has 0 N–H and O–H groups in total. The molecule has 14 heavy (non-hydrogen) atoms. The Labute approximate surface area is 88.0 Å². The molecule has 0 aliphatic heterocycles. The summed E-state index contributed by atoms with van der Waals surface area (Å²) in [6.07, 6.45) is 5.11. The van der Waals surface area contributed by atoms with Gasteiger partial charge >= 0.3 is 5.97 Å². The minimum absolute atomic E-state index is 0.0453. The van der Waals surface area contributed by atoms with Gasteiger partial charge in [0.1, 0.15) is 0 Å². The molecule has 2 heteroatoms. The maximum Gasteiger partial charge on any atom is 0.305 e. The fourth-order valence-electron chi connectivity index (χ4n) is 1.07. The van der Waals surface area contributed by atoms with Crippen molar-refractivity contribution in [2.45, 2.75) is 59.8 Å². The molecule has 0 rings (SSSR count). The maximum absolute atomic E-state index is 11.2. The van der Waals surface area contributed by atoms with Gasteiger partial charge in [-0.2, -0.15) is 0 Å². The van der Waals surface area contributed by atoms with Crippen LogP contribution in [0, 0.1) is 5.41 Å². The molecular formula is C12H24O2. The topological polar surface area (TPSA) is 26.3 Å². The molecule has 0 spiro atoms. The molecule has 0 saturated heterocycles. The van der Waals surface area contributed by atoms with Crippen molar-refractivity contribution in [3.63, 3.8) is 0 Å². The van der Waals surface area contributed by atoms with Crippen molar-refractivity contribution in [2.24, 2.45) is 5.41 Å². The Bertz CT molecular complexity index is 156. The van der Waals surface area contributed by atoms with Crippen molar-refractivity contribution in [3.8, 4) is 0 Å². The molecule has 0 radical (unpaired) electrons. The zero-order valence-corrected chi connectivity index (χ0v) is 10.1. The molecule has 0 fully saturated rings. The van der Waals surface area contributed by atoms with Crippen molar-refractivity contribution in [1.29, 1.82) is 0 Å². The van der Waals surface area contributed by atoms with Gasteiger partial charge < -0.3 is 4.74 Å². The Kier molecular flexibility index (Phi) is 6.60. The van der Waals surface area contributed by atoms with E-state index in [1.807, 2.05) is 0 Å². The average molecular weight is 200 g/mol. The van der Waals surface area contributed by atoms with Crippen molar-refractivity contribution >= 4 is 5.97 Å². The van der Waals surface area contributed by atoms with Crippen molar-refractivity contribution in [3.05, 3.63) is 0 Å². The van der Waals surface area contributed by atoms with Crippen LogP contribution in [0.5, 0.6) is 0 Å². The van der Waals surface area contributed by atoms with Crippen molar-refractivity contribution < 1.29 is 9.53 Å². The van der Waals surface area contributed by atoms with Gasteiger partial charge in [0.2, 0.25) is 0 Å². The summed E-state index contributed by atoms with van der Waals surface area (Å²) in [4.78, 5) is 11.2. The number of hydrogen-bond acceptors (Lipinski definition) is 2. The summed E-state index contributed by atoms with van der Waals surface area (Å²) in [5, 5.41) is 0. The minimum Gasteiger partial charge on any atom is -0.465 e. The van der Waals surface area contributed by atoms with E-state index in [1.165, 1.54) is 12.8 Å². The first-order valence-corrected chi connectivity index (χ1v) is 5.61. The highest BCUT2D eigenvalue weighted by Gasteiger charge is 2.13. The van der Waals surface area contributed by atoms with E-state index in [1.54, 1.807) is 0 Å². The van der Waals surface area contributed by atoms with E-state index in [-0.39, 0.29) is 11.4 Å². The number of carbonyl (C=O) groups excluding carboxylic acids is 1. The standard InChI is InChI=1S/C12H24O2/c1-5-6-7-8-9-11(13)14-10-12(2,3)4/h5-10H2,1-4H3. The smallest absolute Gasteiger partial charge is 0.305 e. The average Bonchev–Trinajstić information content (AvgIpc) is 2.08. The van der Waals surface area contributed by atoms with Crippen LogP contribution in [-0.2, 0) is 9.53 Å². The zero-order chi connectivity index (χ0) is 11.0. The van der Waals surface area contributed by atoms with Crippen LogP contribution in [0.25, 0.3) is 0 Å². The Hall–Kier alpha value is -0.530. The van der Waals surface area contributed by atoms with E-state index in [4.69, 9.17) is 4.74 Å². The predicted octanol–water partition coefficient (Wildman–Crippen LogP) is 3.55. The quantitative estimate of drug-likeness (QED) is 0.484. The molecule has 0 amide bonds. The maximum atomic E-state index is 11.2. The van der Waals surface area contributed by atoms with Crippen LogP contribution in [0.4, 0.5) is 0 Å². The summed E-state index contributed by atoms with van der Waals surface area (Å²) in [6, 6.07) is 0. The third kappa shape index (κ3) is 9.56. The molecule has 0 atom stereocenters. The predicted molar refractivity (Wildman–Crippen MR) is 59.2 cm³/mol. The third-order valence-electron chi connectivity index (χ3n) is 1.90. The van der Waals surface area contributed by atoms with Gasteiger partial charge in [0.05, 0.1) is 6.61 Å². The van der Waals surface area contributed by atoms with Gasteiger partial charge in [0.25, 0.3) is 0 Å². The van der Waals surface area contributed by atoms with Gasteiger partial charge in [-0.25, -0.2) is 0 Å². The molecule has 0 aromatic rings. The normalized spacial score (nSPS) is 11.4. The van der Waals surface area contributed by atoms with E-state index in [0.29, 0.717) is 13.0 Å². The van der Waals surface area contributed by atoms with Crippen molar-refractivity contribution in [1.82, 2.24) is 0 Å². The summed E-state index contributed by atoms with van der Waals surface area (Å²) in [5.41, 5.74) is 0.0824. The molecule has 0 bridgehead atoms. The van der Waals surface area contributed by atoms with Crippen LogP contribution < -0.4 is 0 Å². The SMILES string of the molecule is CCCCCCC(=O)OCC(C)(C)C. The molecule has 0 aromatic heterocycles. The number of esters is 1. The van der Waals surface area contributed by atoms with E-state index in [0.717, 1.165) is 12.8 Å². The fourth-order valence-corrected chi connectivity index (χ4v) is 1.07. The summed E-state index contributed by atoms with van der Waals surface area (Å²) in [5.74, 6) is -0.0453. The van der Waals surface area contributed by atoms with Gasteiger partial charge in [-0.1, -0.05) is 47.0 Å². The zero-order valence-electron chi connectivity index (χ0n) is 10.1. The van der Waals surface area contributed by atoms with Crippen LogP contribution in [-0.4, -0.2) is 12.6 Å². The van der Waals surface area contributed by atoms with Gasteiger partial charge in [-0.15, -0.1) is 0 Å². The lowest BCUT2D eigenvalue weighted by molar-refractivity contribution is -0.146. The second-order valence-electron chi connectivity index (χ2n) is 5.03. The molecule has 0 unspecified atom stereocenters. The molecule has 0 saturated carbocycles. The largest absolute Gasteiger partial charge is 0.465 e. The van der Waals surface area contributed by atoms with E-state index in [2.05, 4.69) is 27.7 Å². The minimum atomic E-state index is -0.0453. The van der Waals surface area contributed by atoms with Gasteiger partial charge in [-0.3, -0.25) is 4.79 Å². The third-order valence-corrected chi connectivity index (χ3v) is 1.90. The van der Waals surface area contributed by atoms with Gasteiger partial charge in [0.15, 0.2) is 0 Å². The Morgan fingerprint density at radius 1 is 1.14 bits per heavy atom. The molecular weight excluding hydrogens is 176 g/mol. The first-order chi connectivity index (χ1) is 6.45. The number of carbonyl (C=O) groups is 1. The number of rotatable bonds is 6. The first kappa shape index (κ1) is 13.5. The van der Waals surface area contributed by atoms with Crippen LogP contribution in [0.1, 0.15) is 59.8 Å². The van der Waals surface area contributed by atoms with Crippen LogP contribution in [0.2, 0.25) is 0 Å². The summed E-state index contributed by atoms with van der Waals surface area (Å²) in [7, 11) is 0. The lowest BCUT2D eigenvalue weighted by Crippen LogP contribution is -2.18. The second-order valence-corrected chi connectivity index (χ2v) is 5.03. The number of ether oxygens (including phenoxy) is 1. The van der Waals surface area contributed by atoms with E-state index >= 15 is 0 Å². The Morgan fingerprint density at radius 2 is 1.79 bits per heavy atom. The highest BCUT2D eigenvalue weighted by molar-refractivity contribution is 5.69. The first-order valence-electron chi connectivity index (χ1n) is 5.61. The van der Waals surface area contributed by atoms with Crippen LogP contribution >= 0.6 is 0 Å². The summed E-state index contributed by atoms with van der Waals surface area (Å²) in [6.45, 7) is 8.89. The molecule has 0 heterocycles. The highest BCUT2D eigenvalue weighted by atomic mass is 16.5. The van der Waals surface area contributed by atoms with E-state index in [9.17, 15) is 4.79 Å². The molecule has 0 aromatic carbocycles.